The molecule has 1 atom stereocenters. The highest BCUT2D eigenvalue weighted by Gasteiger charge is 2.23. The maximum absolute atomic E-state index is 5.34. The maximum atomic E-state index is 5.34. The third-order valence-electron chi connectivity index (χ3n) is 8.86. The van der Waals surface area contributed by atoms with Crippen LogP contribution in [0.1, 0.15) is 11.7 Å². The van der Waals surface area contributed by atoms with Crippen molar-refractivity contribution in [1.29, 1.82) is 0 Å². The number of hydrogen-bond donors (Lipinski definition) is 0. The summed E-state index contributed by atoms with van der Waals surface area (Å²) in [5.74, 6) is 0.653. The second kappa shape index (κ2) is 11.0. The Kier molecular flexibility index (Phi) is 6.32. The van der Waals surface area contributed by atoms with Gasteiger partial charge >= 0.3 is 0 Å². The van der Waals surface area contributed by atoms with Crippen LogP contribution >= 0.6 is 0 Å². The molecule has 5 aromatic carbocycles. The Balaban J connectivity index is 1.38. The van der Waals surface area contributed by atoms with E-state index in [-0.39, 0.29) is 6.17 Å². The van der Waals surface area contributed by atoms with Gasteiger partial charge in [0.25, 0.3) is 0 Å². The Morgan fingerprint density at radius 3 is 2.02 bits per heavy atom. The van der Waals surface area contributed by atoms with E-state index in [0.717, 1.165) is 76.9 Å². The van der Waals surface area contributed by atoms with Gasteiger partial charge in [-0.2, -0.15) is 0 Å². The van der Waals surface area contributed by atoms with E-state index in [1.54, 1.807) is 0 Å². The van der Waals surface area contributed by atoms with E-state index in [2.05, 4.69) is 78.8 Å². The van der Waals surface area contributed by atoms with Crippen molar-refractivity contribution in [2.24, 2.45) is 4.99 Å². The summed E-state index contributed by atoms with van der Waals surface area (Å²) in [5, 5.41) is 5.03. The Morgan fingerprint density at radius 2 is 1.23 bits per heavy atom. The summed E-state index contributed by atoms with van der Waals surface area (Å²) < 4.78 is 0. The first-order valence-corrected chi connectivity index (χ1v) is 15.7. The van der Waals surface area contributed by atoms with Crippen LogP contribution in [0.5, 0.6) is 0 Å². The Labute approximate surface area is 271 Å². The highest BCUT2D eigenvalue weighted by atomic mass is 15.2. The van der Waals surface area contributed by atoms with E-state index >= 15 is 0 Å². The normalized spacial score (nSPS) is 14.1. The first kappa shape index (κ1) is 27.1. The molecule has 8 aromatic rings. The van der Waals surface area contributed by atoms with Crippen LogP contribution < -0.4 is 10.6 Å². The number of rotatable bonds is 4. The van der Waals surface area contributed by atoms with Crippen molar-refractivity contribution >= 4 is 38.9 Å². The lowest BCUT2D eigenvalue weighted by atomic mass is 9.97. The Hall–Kier alpha value is -6.27. The molecule has 0 bridgehead atoms. The van der Waals surface area contributed by atoms with Crippen LogP contribution in [0.15, 0.2) is 145 Å². The number of para-hydroxylation sites is 2. The van der Waals surface area contributed by atoms with Gasteiger partial charge in [0.1, 0.15) is 6.17 Å². The molecule has 1 aliphatic rings. The predicted octanol–water partition coefficient (Wildman–Crippen LogP) is 7.73. The van der Waals surface area contributed by atoms with Gasteiger partial charge in [0.05, 0.1) is 33.3 Å². The lowest BCUT2D eigenvalue weighted by Crippen LogP contribution is -2.36. The SMILES string of the molecule is CN1C=c2ccccc2=NC1c1cc(-c2ccccc2)nc2c1ccc1c(-c3ncc4ccccc4n3)cc(-c3ccccc3)nc12. The molecule has 9 rings (SSSR count). The van der Waals surface area contributed by atoms with Crippen molar-refractivity contribution in [3.63, 3.8) is 0 Å². The van der Waals surface area contributed by atoms with Crippen LogP contribution in [0.25, 0.3) is 72.8 Å². The topological polar surface area (TPSA) is 67.2 Å². The van der Waals surface area contributed by atoms with Crippen LogP contribution in [0, 0.1) is 0 Å². The molecule has 6 heteroatoms. The minimum atomic E-state index is -0.240. The van der Waals surface area contributed by atoms with Crippen LogP contribution in [-0.2, 0) is 0 Å². The average Bonchev–Trinajstić information content (AvgIpc) is 3.14. The summed E-state index contributed by atoms with van der Waals surface area (Å²) in [4.78, 5) is 28.0. The smallest absolute Gasteiger partial charge is 0.160 e. The summed E-state index contributed by atoms with van der Waals surface area (Å²) in [6.07, 6.45) is 3.82. The molecule has 0 aliphatic carbocycles. The van der Waals surface area contributed by atoms with Gasteiger partial charge in [-0.05, 0) is 24.3 Å². The second-order valence-electron chi connectivity index (χ2n) is 11.9. The van der Waals surface area contributed by atoms with E-state index < -0.39 is 0 Å². The molecule has 0 saturated heterocycles. The number of aromatic nitrogens is 4. The zero-order valence-electron chi connectivity index (χ0n) is 25.6. The van der Waals surface area contributed by atoms with Crippen LogP contribution in [0.4, 0.5) is 0 Å². The van der Waals surface area contributed by atoms with Crippen molar-refractivity contribution < 1.29 is 0 Å². The van der Waals surface area contributed by atoms with Crippen molar-refractivity contribution in [1.82, 2.24) is 24.8 Å². The zero-order valence-corrected chi connectivity index (χ0v) is 25.6. The van der Waals surface area contributed by atoms with Gasteiger partial charge in [0, 0.05) is 63.1 Å². The van der Waals surface area contributed by atoms with Crippen LogP contribution in [0.3, 0.4) is 0 Å². The summed E-state index contributed by atoms with van der Waals surface area (Å²) in [6.45, 7) is 0. The van der Waals surface area contributed by atoms with E-state index in [4.69, 9.17) is 24.9 Å². The fourth-order valence-electron chi connectivity index (χ4n) is 6.53. The van der Waals surface area contributed by atoms with Crippen molar-refractivity contribution in [2.75, 3.05) is 7.05 Å². The number of fused-ring (bicyclic) bond motifs is 5. The Bertz CT molecular complexity index is 2600. The van der Waals surface area contributed by atoms with E-state index in [1.165, 1.54) is 0 Å². The maximum Gasteiger partial charge on any atom is 0.160 e. The summed E-state index contributed by atoms with van der Waals surface area (Å²) in [7, 11) is 2.08. The minimum Gasteiger partial charge on any atom is -0.355 e. The summed E-state index contributed by atoms with van der Waals surface area (Å²) in [6, 6.07) is 45.5. The van der Waals surface area contributed by atoms with Gasteiger partial charge in [0.15, 0.2) is 5.82 Å². The highest BCUT2D eigenvalue weighted by Crippen LogP contribution is 2.38. The third kappa shape index (κ3) is 4.70. The monoisotopic (exact) mass is 604 g/mol. The minimum absolute atomic E-state index is 0.240. The fraction of sp³-hybridized carbons (Fsp3) is 0.0488. The third-order valence-corrected chi connectivity index (χ3v) is 8.86. The van der Waals surface area contributed by atoms with Crippen molar-refractivity contribution in [3.8, 4) is 33.9 Å². The van der Waals surface area contributed by atoms with E-state index in [0.29, 0.717) is 5.82 Å². The predicted molar refractivity (Wildman–Crippen MR) is 189 cm³/mol. The molecule has 6 nitrogen and oxygen atoms in total. The van der Waals surface area contributed by atoms with Crippen molar-refractivity contribution in [3.05, 3.63) is 156 Å². The fourth-order valence-corrected chi connectivity index (χ4v) is 6.53. The molecule has 0 N–H and O–H groups in total. The molecule has 222 valence electrons. The van der Waals surface area contributed by atoms with Crippen molar-refractivity contribution in [2.45, 2.75) is 6.17 Å². The van der Waals surface area contributed by atoms with Gasteiger partial charge in [-0.25, -0.2) is 19.9 Å². The standard InChI is InChI=1S/C41H28N6/c1-47-25-29-17-9-11-19-35(29)46-41(47)33-23-37(27-14-6-3-7-15-27)44-39-31(33)21-20-30-32(40-42-24-28-16-8-10-18-34(28)45-40)22-36(43-38(30)39)26-12-4-2-5-13-26/h2-25,41H,1H3. The van der Waals surface area contributed by atoms with E-state index in [9.17, 15) is 0 Å². The first-order valence-electron chi connectivity index (χ1n) is 15.7. The molecule has 3 aromatic heterocycles. The average molecular weight is 605 g/mol. The second-order valence-corrected chi connectivity index (χ2v) is 11.9. The van der Waals surface area contributed by atoms with Gasteiger partial charge < -0.3 is 4.90 Å². The molecule has 0 spiro atoms. The largest absolute Gasteiger partial charge is 0.355 e. The van der Waals surface area contributed by atoms with Gasteiger partial charge in [-0.1, -0.05) is 109 Å². The van der Waals surface area contributed by atoms with E-state index in [1.807, 2.05) is 79.0 Å². The molecule has 0 radical (unpaired) electrons. The number of hydrogen-bond acceptors (Lipinski definition) is 6. The van der Waals surface area contributed by atoms with Gasteiger partial charge in [-0.3, -0.25) is 4.99 Å². The van der Waals surface area contributed by atoms with Crippen LogP contribution in [-0.4, -0.2) is 31.9 Å². The molecular formula is C41H28N6. The number of benzene rings is 5. The molecule has 0 saturated carbocycles. The molecule has 1 aliphatic heterocycles. The summed E-state index contributed by atoms with van der Waals surface area (Å²) >= 11 is 0. The first-order chi connectivity index (χ1) is 23.2. The highest BCUT2D eigenvalue weighted by molar-refractivity contribution is 6.10. The molecule has 4 heterocycles. The van der Waals surface area contributed by atoms with Gasteiger partial charge in [-0.15, -0.1) is 0 Å². The van der Waals surface area contributed by atoms with Gasteiger partial charge in [0.2, 0.25) is 0 Å². The van der Waals surface area contributed by atoms with Crippen LogP contribution in [0.2, 0.25) is 0 Å². The number of pyridine rings is 2. The molecule has 0 amide bonds. The molecule has 0 fully saturated rings. The Morgan fingerprint density at radius 1 is 0.596 bits per heavy atom. The zero-order chi connectivity index (χ0) is 31.3. The summed E-state index contributed by atoms with van der Waals surface area (Å²) in [5.41, 5.74) is 8.27. The molecule has 47 heavy (non-hydrogen) atoms. The molecule has 1 unspecified atom stereocenters. The lowest BCUT2D eigenvalue weighted by Gasteiger charge is -2.28. The lowest BCUT2D eigenvalue weighted by molar-refractivity contribution is 0.368. The number of nitrogens with zero attached hydrogens (tertiary/aromatic N) is 6. The quantitative estimate of drug-likeness (QED) is 0.192. The molecular weight excluding hydrogens is 576 g/mol.